The third-order valence-corrected chi connectivity index (χ3v) is 5.21. The van der Waals surface area contributed by atoms with Crippen LogP contribution in [0.15, 0.2) is 35.2 Å². The first-order valence-corrected chi connectivity index (χ1v) is 9.92. The third kappa shape index (κ3) is 5.51. The van der Waals surface area contributed by atoms with E-state index in [1.165, 1.54) is 45.4 Å². The number of benzene rings is 1. The van der Waals surface area contributed by atoms with Crippen molar-refractivity contribution < 1.29 is 32.2 Å². The van der Waals surface area contributed by atoms with Crippen molar-refractivity contribution in [1.82, 2.24) is 14.7 Å². The van der Waals surface area contributed by atoms with Crippen LogP contribution in [0.4, 0.5) is 15.1 Å². The van der Waals surface area contributed by atoms with Crippen molar-refractivity contribution in [2.75, 3.05) is 19.5 Å². The van der Waals surface area contributed by atoms with Gasteiger partial charge in [-0.15, -0.1) is 0 Å². The number of nitrogens with one attached hydrogen (secondary N) is 2. The summed E-state index contributed by atoms with van der Waals surface area (Å²) in [5.74, 6) is -0.105. The fraction of sp³-hybridized carbons (Fsp3) is 0.353. The van der Waals surface area contributed by atoms with E-state index in [1.807, 2.05) is 0 Å². The molecule has 1 aromatic heterocycles. The van der Waals surface area contributed by atoms with Crippen molar-refractivity contribution in [3.8, 4) is 11.8 Å². The average Bonchev–Trinajstić information content (AvgIpc) is 2.71. The number of hydrogen-bond acceptors (Lipinski definition) is 8. The lowest BCUT2D eigenvalue weighted by Crippen LogP contribution is -2.35. The summed E-state index contributed by atoms with van der Waals surface area (Å²) >= 11 is 0. The molecule has 10 nitrogen and oxygen atoms in total. The van der Waals surface area contributed by atoms with Gasteiger partial charge in [-0.25, -0.2) is 22.3 Å². The maximum absolute atomic E-state index is 13.9. The minimum atomic E-state index is -4.44. The van der Waals surface area contributed by atoms with Crippen LogP contribution in [-0.2, 0) is 10.0 Å². The molecule has 0 radical (unpaired) electrons. The van der Waals surface area contributed by atoms with Crippen LogP contribution in [0.25, 0.3) is 0 Å². The molecule has 3 N–H and O–H groups in total. The van der Waals surface area contributed by atoms with Crippen LogP contribution < -0.4 is 19.5 Å². The summed E-state index contributed by atoms with van der Waals surface area (Å²) in [5.41, 5.74) is -0.165. The lowest BCUT2D eigenvalue weighted by Gasteiger charge is -2.18. The van der Waals surface area contributed by atoms with Crippen LogP contribution in [0.1, 0.15) is 25.0 Å². The third-order valence-electron chi connectivity index (χ3n) is 3.81. The van der Waals surface area contributed by atoms with E-state index in [4.69, 9.17) is 9.47 Å². The Morgan fingerprint density at radius 2 is 1.79 bits per heavy atom. The summed E-state index contributed by atoms with van der Waals surface area (Å²) in [5, 5.41) is 12.3. The minimum Gasteiger partial charge on any atom is -0.481 e. The predicted molar refractivity (Wildman–Crippen MR) is 101 cm³/mol. The number of ether oxygens (including phenoxy) is 2. The average molecular weight is 428 g/mol. The molecule has 2 rings (SSSR count). The molecule has 0 aliphatic rings. The van der Waals surface area contributed by atoms with Gasteiger partial charge < -0.3 is 14.6 Å². The Morgan fingerprint density at radius 3 is 2.34 bits per heavy atom. The summed E-state index contributed by atoms with van der Waals surface area (Å²) in [6.45, 7) is 1.51. The molecule has 2 aromatic rings. The highest BCUT2D eigenvalue weighted by atomic mass is 32.2. The lowest BCUT2D eigenvalue weighted by molar-refractivity contribution is 0.0732. The molecular weight excluding hydrogens is 407 g/mol. The van der Waals surface area contributed by atoms with Crippen LogP contribution in [0.2, 0.25) is 0 Å². The molecule has 2 atom stereocenters. The summed E-state index contributed by atoms with van der Waals surface area (Å²) in [6.07, 6.45) is -3.35. The van der Waals surface area contributed by atoms with Gasteiger partial charge in [-0.1, -0.05) is 25.1 Å². The quantitative estimate of drug-likeness (QED) is 0.578. The molecule has 12 heteroatoms. The van der Waals surface area contributed by atoms with E-state index in [0.717, 1.165) is 6.07 Å². The standard InChI is InChI=1S/C17H21FN4O6S/c1-4-11(18)15(23)10-7-5-6-8-12(10)29(25,26)22-17(24)21-16-19-13(27-2)9-14(20-16)28-3/h5-9,11,15,23H,4H2,1-3H3,(H2,19,20,21,22,24)/t11-,15-/m1/s1. The second kappa shape index (κ2) is 9.47. The van der Waals surface area contributed by atoms with Crippen LogP contribution in [-0.4, -0.2) is 49.9 Å². The van der Waals surface area contributed by atoms with Gasteiger partial charge in [-0.3, -0.25) is 5.32 Å². The minimum absolute atomic E-state index is 0.0154. The van der Waals surface area contributed by atoms with Gasteiger partial charge in [0.25, 0.3) is 10.0 Å². The summed E-state index contributed by atoms with van der Waals surface area (Å²) in [7, 11) is -1.76. The molecular formula is C17H21FN4O6S. The second-order valence-corrected chi connectivity index (χ2v) is 7.39. The Morgan fingerprint density at radius 1 is 1.21 bits per heavy atom. The number of carbonyl (C=O) groups is 1. The molecule has 0 aliphatic heterocycles. The predicted octanol–water partition coefficient (Wildman–Crippen LogP) is 1.79. The number of aliphatic hydroxyl groups excluding tert-OH is 1. The number of anilines is 1. The SMILES string of the molecule is CC[C@@H](F)[C@H](O)c1ccccc1S(=O)(=O)NC(=O)Nc1nc(OC)cc(OC)n1. The number of hydrogen-bond donors (Lipinski definition) is 3. The summed E-state index contributed by atoms with van der Waals surface area (Å²) in [4.78, 5) is 19.5. The van der Waals surface area contributed by atoms with Gasteiger partial charge in [-0.05, 0) is 12.5 Å². The zero-order chi connectivity index (χ0) is 21.6. The Balaban J connectivity index is 2.25. The Labute approximate surface area is 167 Å². The van der Waals surface area contributed by atoms with E-state index in [0.29, 0.717) is 0 Å². The lowest BCUT2D eigenvalue weighted by atomic mass is 10.0. The van der Waals surface area contributed by atoms with E-state index in [2.05, 4.69) is 15.3 Å². The van der Waals surface area contributed by atoms with Crippen LogP contribution in [0.3, 0.4) is 0 Å². The Bertz CT molecular complexity index is 950. The molecule has 0 spiro atoms. The van der Waals surface area contributed by atoms with Crippen molar-refractivity contribution in [3.05, 3.63) is 35.9 Å². The Kier molecular flexibility index (Phi) is 7.29. The zero-order valence-corrected chi connectivity index (χ0v) is 16.7. The van der Waals surface area contributed by atoms with Crippen molar-refractivity contribution in [1.29, 1.82) is 0 Å². The van der Waals surface area contributed by atoms with Crippen molar-refractivity contribution in [2.45, 2.75) is 30.5 Å². The van der Waals surface area contributed by atoms with Crippen molar-refractivity contribution in [2.24, 2.45) is 0 Å². The molecule has 158 valence electrons. The topological polar surface area (TPSA) is 140 Å². The van der Waals surface area contributed by atoms with Gasteiger partial charge in [-0.2, -0.15) is 9.97 Å². The largest absolute Gasteiger partial charge is 0.481 e. The summed E-state index contributed by atoms with van der Waals surface area (Å²) in [6, 6.07) is 5.46. The number of alkyl halides is 1. The van der Waals surface area contributed by atoms with Crippen LogP contribution in [0.5, 0.6) is 11.8 Å². The van der Waals surface area contributed by atoms with Crippen molar-refractivity contribution >= 4 is 22.0 Å². The fourth-order valence-corrected chi connectivity index (χ4v) is 3.52. The monoisotopic (exact) mass is 428 g/mol. The highest BCUT2D eigenvalue weighted by Crippen LogP contribution is 2.27. The highest BCUT2D eigenvalue weighted by Gasteiger charge is 2.28. The number of amides is 2. The molecule has 1 heterocycles. The first kappa shape index (κ1) is 22.3. The van der Waals surface area contributed by atoms with Gasteiger partial charge in [0.05, 0.1) is 25.2 Å². The normalized spacial score (nSPS) is 13.3. The van der Waals surface area contributed by atoms with Crippen LogP contribution in [0, 0.1) is 0 Å². The number of rotatable bonds is 8. The smallest absolute Gasteiger partial charge is 0.335 e. The molecule has 0 saturated heterocycles. The second-order valence-electron chi connectivity index (χ2n) is 5.74. The fourth-order valence-electron chi connectivity index (χ4n) is 2.36. The number of carbonyl (C=O) groups excluding carboxylic acids is 1. The van der Waals surface area contributed by atoms with Gasteiger partial charge in [0, 0.05) is 5.56 Å². The van der Waals surface area contributed by atoms with E-state index in [-0.39, 0.29) is 29.7 Å². The maximum atomic E-state index is 13.9. The summed E-state index contributed by atoms with van der Waals surface area (Å²) < 4.78 is 50.8. The van der Waals surface area contributed by atoms with E-state index in [1.54, 1.807) is 4.72 Å². The van der Waals surface area contributed by atoms with E-state index < -0.39 is 33.2 Å². The van der Waals surface area contributed by atoms with Gasteiger partial charge in [0.1, 0.15) is 12.3 Å². The number of aliphatic hydroxyl groups is 1. The van der Waals surface area contributed by atoms with Gasteiger partial charge >= 0.3 is 6.03 Å². The number of halogens is 1. The molecule has 2 amide bonds. The highest BCUT2D eigenvalue weighted by molar-refractivity contribution is 7.90. The molecule has 0 saturated carbocycles. The van der Waals surface area contributed by atoms with Crippen LogP contribution >= 0.6 is 0 Å². The Hall–Kier alpha value is -2.99. The first-order chi connectivity index (χ1) is 13.7. The molecule has 0 unspecified atom stereocenters. The zero-order valence-electron chi connectivity index (χ0n) is 15.9. The molecule has 0 bridgehead atoms. The number of methoxy groups -OCH3 is 2. The molecule has 1 aromatic carbocycles. The number of aromatic nitrogens is 2. The molecule has 0 fully saturated rings. The first-order valence-electron chi connectivity index (χ1n) is 8.43. The number of urea groups is 1. The molecule has 0 aliphatic carbocycles. The van der Waals surface area contributed by atoms with Gasteiger partial charge in [0.15, 0.2) is 0 Å². The van der Waals surface area contributed by atoms with E-state index >= 15 is 0 Å². The number of sulfonamides is 1. The number of nitrogens with zero attached hydrogens (tertiary/aromatic N) is 2. The van der Waals surface area contributed by atoms with Crippen molar-refractivity contribution in [3.63, 3.8) is 0 Å². The van der Waals surface area contributed by atoms with E-state index in [9.17, 15) is 22.7 Å². The molecule has 29 heavy (non-hydrogen) atoms. The maximum Gasteiger partial charge on any atom is 0.335 e. The van der Waals surface area contributed by atoms with Gasteiger partial charge in [0.2, 0.25) is 17.7 Å².